The van der Waals surface area contributed by atoms with Crippen molar-refractivity contribution in [3.8, 4) is 6.07 Å². The van der Waals surface area contributed by atoms with Crippen LogP contribution in [0.4, 0.5) is 13.2 Å². The van der Waals surface area contributed by atoms with Gasteiger partial charge in [-0.3, -0.25) is 0 Å². The average Bonchev–Trinajstić information content (AvgIpc) is 2.87. The van der Waals surface area contributed by atoms with Crippen LogP contribution in [0.15, 0.2) is 48.5 Å². The minimum absolute atomic E-state index is 0.0565. The lowest BCUT2D eigenvalue weighted by atomic mass is 10.1. The maximum absolute atomic E-state index is 13.2. The quantitative estimate of drug-likeness (QED) is 0.718. The smallest absolute Gasteiger partial charge is 0.316 e. The van der Waals surface area contributed by atoms with Crippen LogP contribution in [0.25, 0.3) is 11.0 Å². The number of alkyl halides is 3. The predicted octanol–water partition coefficient (Wildman–Crippen LogP) is 3.98. The summed E-state index contributed by atoms with van der Waals surface area (Å²) in [6.07, 6.45) is -4.55. The Morgan fingerprint density at radius 3 is 2.45 bits per heavy atom. The molecule has 6 heteroatoms. The first-order chi connectivity index (χ1) is 10.5. The topological polar surface area (TPSA) is 41.6 Å². The SMILES string of the molecule is N#Cc1ccccc1Cn1c(C(F)(F)F)nc2ccccc21. The second-order valence-corrected chi connectivity index (χ2v) is 4.78. The monoisotopic (exact) mass is 301 g/mol. The number of halogens is 3. The van der Waals surface area contributed by atoms with Gasteiger partial charge in [-0.05, 0) is 23.8 Å². The summed E-state index contributed by atoms with van der Waals surface area (Å²) in [5.74, 6) is -0.957. The molecule has 1 aromatic heterocycles. The van der Waals surface area contributed by atoms with Gasteiger partial charge in [0.15, 0.2) is 0 Å². The molecule has 2 aromatic carbocycles. The Bertz CT molecular complexity index is 872. The molecule has 22 heavy (non-hydrogen) atoms. The van der Waals surface area contributed by atoms with Crippen LogP contribution in [0.3, 0.4) is 0 Å². The Hall–Kier alpha value is -2.81. The van der Waals surface area contributed by atoms with Crippen LogP contribution in [0.5, 0.6) is 0 Å². The van der Waals surface area contributed by atoms with E-state index in [1.807, 2.05) is 6.07 Å². The van der Waals surface area contributed by atoms with E-state index in [2.05, 4.69) is 4.98 Å². The molecule has 0 atom stereocenters. The van der Waals surface area contributed by atoms with Gasteiger partial charge in [-0.25, -0.2) is 4.98 Å². The first-order valence-electron chi connectivity index (χ1n) is 6.51. The number of imidazole rings is 1. The first kappa shape index (κ1) is 14.1. The van der Waals surface area contributed by atoms with E-state index in [1.165, 1.54) is 6.07 Å². The number of fused-ring (bicyclic) bond motifs is 1. The van der Waals surface area contributed by atoms with E-state index >= 15 is 0 Å². The summed E-state index contributed by atoms with van der Waals surface area (Å²) in [5.41, 5.74) is 1.55. The van der Waals surface area contributed by atoms with Crippen molar-refractivity contribution in [2.75, 3.05) is 0 Å². The van der Waals surface area contributed by atoms with Crippen LogP contribution in [0.2, 0.25) is 0 Å². The van der Waals surface area contributed by atoms with Gasteiger partial charge in [0.2, 0.25) is 5.82 Å². The van der Waals surface area contributed by atoms with Gasteiger partial charge in [0, 0.05) is 0 Å². The van der Waals surface area contributed by atoms with Crippen LogP contribution in [-0.4, -0.2) is 9.55 Å². The Labute approximate surface area is 124 Å². The van der Waals surface area contributed by atoms with Crippen molar-refractivity contribution < 1.29 is 13.2 Å². The zero-order valence-corrected chi connectivity index (χ0v) is 11.3. The van der Waals surface area contributed by atoms with Gasteiger partial charge in [-0.15, -0.1) is 0 Å². The molecule has 0 aliphatic carbocycles. The number of nitriles is 1. The van der Waals surface area contributed by atoms with Crippen LogP contribution in [-0.2, 0) is 12.7 Å². The van der Waals surface area contributed by atoms with E-state index in [0.717, 1.165) is 4.57 Å². The Morgan fingerprint density at radius 2 is 1.73 bits per heavy atom. The molecule has 0 saturated heterocycles. The van der Waals surface area contributed by atoms with Gasteiger partial charge in [0.1, 0.15) is 0 Å². The third-order valence-corrected chi connectivity index (χ3v) is 3.37. The fourth-order valence-electron chi connectivity index (χ4n) is 2.39. The Kier molecular flexibility index (Phi) is 3.33. The molecule has 3 aromatic rings. The highest BCUT2D eigenvalue weighted by Crippen LogP contribution is 2.32. The molecular weight excluding hydrogens is 291 g/mol. The van der Waals surface area contributed by atoms with Gasteiger partial charge in [0.05, 0.1) is 29.2 Å². The lowest BCUT2D eigenvalue weighted by Crippen LogP contribution is -2.16. The number of hydrogen-bond donors (Lipinski definition) is 0. The zero-order chi connectivity index (χ0) is 15.7. The summed E-state index contributed by atoms with van der Waals surface area (Å²) in [6, 6.07) is 15.0. The number of para-hydroxylation sites is 2. The normalized spacial score (nSPS) is 11.5. The molecule has 1 heterocycles. The molecule has 0 radical (unpaired) electrons. The number of rotatable bonds is 2. The van der Waals surface area contributed by atoms with E-state index in [4.69, 9.17) is 5.26 Å². The average molecular weight is 301 g/mol. The highest BCUT2D eigenvalue weighted by atomic mass is 19.4. The Balaban J connectivity index is 2.19. The molecule has 3 nitrogen and oxygen atoms in total. The minimum Gasteiger partial charge on any atom is -0.316 e. The second-order valence-electron chi connectivity index (χ2n) is 4.78. The lowest BCUT2D eigenvalue weighted by molar-refractivity contribution is -0.146. The van der Waals surface area contributed by atoms with Gasteiger partial charge in [-0.2, -0.15) is 18.4 Å². The van der Waals surface area contributed by atoms with Crippen molar-refractivity contribution in [3.05, 3.63) is 65.5 Å². The van der Waals surface area contributed by atoms with Crippen molar-refractivity contribution >= 4 is 11.0 Å². The molecule has 110 valence electrons. The molecule has 0 bridgehead atoms. The highest BCUT2D eigenvalue weighted by Gasteiger charge is 2.37. The van der Waals surface area contributed by atoms with Crippen LogP contribution in [0.1, 0.15) is 17.0 Å². The molecule has 0 fully saturated rings. The second kappa shape index (κ2) is 5.19. The summed E-state index contributed by atoms with van der Waals surface area (Å²) < 4.78 is 40.8. The van der Waals surface area contributed by atoms with Crippen molar-refractivity contribution in [2.45, 2.75) is 12.7 Å². The van der Waals surface area contributed by atoms with Crippen LogP contribution in [0, 0.1) is 11.3 Å². The van der Waals surface area contributed by atoms with E-state index in [-0.39, 0.29) is 12.1 Å². The number of benzene rings is 2. The van der Waals surface area contributed by atoms with E-state index in [0.29, 0.717) is 16.6 Å². The number of nitrogens with zero attached hydrogens (tertiary/aromatic N) is 3. The molecule has 0 aliphatic heterocycles. The maximum Gasteiger partial charge on any atom is 0.449 e. The summed E-state index contributed by atoms with van der Waals surface area (Å²) in [7, 11) is 0. The van der Waals surface area contributed by atoms with Gasteiger partial charge < -0.3 is 4.57 Å². The molecule has 0 amide bonds. The summed E-state index contributed by atoms with van der Waals surface area (Å²) in [6.45, 7) is -0.0565. The number of aromatic nitrogens is 2. The fraction of sp³-hybridized carbons (Fsp3) is 0.125. The third-order valence-electron chi connectivity index (χ3n) is 3.37. The van der Waals surface area contributed by atoms with E-state index < -0.39 is 12.0 Å². The summed E-state index contributed by atoms with van der Waals surface area (Å²) >= 11 is 0. The van der Waals surface area contributed by atoms with E-state index in [1.54, 1.807) is 42.5 Å². The molecule has 0 N–H and O–H groups in total. The molecule has 0 unspecified atom stereocenters. The van der Waals surface area contributed by atoms with Gasteiger partial charge >= 0.3 is 6.18 Å². The van der Waals surface area contributed by atoms with Crippen molar-refractivity contribution in [2.24, 2.45) is 0 Å². The molecular formula is C16H10F3N3. The largest absolute Gasteiger partial charge is 0.449 e. The third kappa shape index (κ3) is 2.42. The highest BCUT2D eigenvalue weighted by molar-refractivity contribution is 5.76. The van der Waals surface area contributed by atoms with Gasteiger partial charge in [0.25, 0.3) is 0 Å². The number of hydrogen-bond acceptors (Lipinski definition) is 2. The molecule has 0 spiro atoms. The molecule has 0 saturated carbocycles. The minimum atomic E-state index is -4.55. The molecule has 0 aliphatic rings. The molecule has 3 rings (SSSR count). The van der Waals surface area contributed by atoms with Crippen molar-refractivity contribution in [1.82, 2.24) is 9.55 Å². The van der Waals surface area contributed by atoms with Crippen LogP contribution >= 0.6 is 0 Å². The van der Waals surface area contributed by atoms with Gasteiger partial charge in [-0.1, -0.05) is 30.3 Å². The van der Waals surface area contributed by atoms with Crippen molar-refractivity contribution in [1.29, 1.82) is 5.26 Å². The van der Waals surface area contributed by atoms with Crippen molar-refractivity contribution in [3.63, 3.8) is 0 Å². The first-order valence-corrected chi connectivity index (χ1v) is 6.51. The van der Waals surface area contributed by atoms with Crippen LogP contribution < -0.4 is 0 Å². The zero-order valence-electron chi connectivity index (χ0n) is 11.3. The fourth-order valence-corrected chi connectivity index (χ4v) is 2.39. The predicted molar refractivity (Wildman–Crippen MR) is 75.0 cm³/mol. The Morgan fingerprint density at radius 1 is 1.05 bits per heavy atom. The standard InChI is InChI=1S/C16H10F3N3/c17-16(18,19)15-21-13-7-3-4-8-14(13)22(15)10-12-6-2-1-5-11(12)9-20/h1-8H,10H2. The summed E-state index contributed by atoms with van der Waals surface area (Å²) in [4.78, 5) is 3.69. The maximum atomic E-state index is 13.2. The van der Waals surface area contributed by atoms with E-state index in [9.17, 15) is 13.2 Å². The lowest BCUT2D eigenvalue weighted by Gasteiger charge is -2.12. The summed E-state index contributed by atoms with van der Waals surface area (Å²) in [5, 5.41) is 9.09.